The number of rotatable bonds is 6. The molecule has 0 unspecified atom stereocenters. The molecule has 6 heteroatoms. The van der Waals surface area contributed by atoms with Crippen molar-refractivity contribution in [2.45, 2.75) is 84.0 Å². The quantitative estimate of drug-likeness (QED) is 0.564. The molecule has 1 saturated heterocycles. The van der Waals surface area contributed by atoms with Crippen LogP contribution in [0.2, 0.25) is 0 Å². The molecule has 0 radical (unpaired) electrons. The Kier molecular flexibility index (Phi) is 8.16. The molecule has 1 aliphatic carbocycles. The molecule has 162 valence electrons. The summed E-state index contributed by atoms with van der Waals surface area (Å²) in [6, 6.07) is 5.21. The molecular weight excluding hydrogens is 362 g/mol. The molecule has 0 spiro atoms. The van der Waals surface area contributed by atoms with Gasteiger partial charge in [-0.1, -0.05) is 6.92 Å². The maximum atomic E-state index is 6.14. The molecular formula is C23H39N5O. The van der Waals surface area contributed by atoms with Crippen LogP contribution < -0.4 is 15.4 Å². The van der Waals surface area contributed by atoms with Gasteiger partial charge in [0.25, 0.3) is 0 Å². The molecule has 0 bridgehead atoms. The Hall–Kier alpha value is -1.82. The van der Waals surface area contributed by atoms with Crippen molar-refractivity contribution >= 4 is 5.96 Å². The monoisotopic (exact) mass is 401 g/mol. The van der Waals surface area contributed by atoms with Gasteiger partial charge in [0.05, 0.1) is 0 Å². The van der Waals surface area contributed by atoms with Crippen molar-refractivity contribution in [3.63, 3.8) is 0 Å². The number of nitrogens with one attached hydrogen (secondary N) is 2. The van der Waals surface area contributed by atoms with Crippen LogP contribution in [-0.2, 0) is 6.54 Å². The lowest BCUT2D eigenvalue weighted by molar-refractivity contribution is 0.130. The summed E-state index contributed by atoms with van der Waals surface area (Å²) in [7, 11) is 1.84. The average molecular weight is 402 g/mol. The first-order chi connectivity index (χ1) is 14.0. The fourth-order valence-corrected chi connectivity index (χ4v) is 4.28. The van der Waals surface area contributed by atoms with E-state index in [1.54, 1.807) is 0 Å². The third-order valence-electron chi connectivity index (χ3n) is 6.33. The molecule has 2 heterocycles. The average Bonchev–Trinajstić information content (AvgIpc) is 2.73. The van der Waals surface area contributed by atoms with Crippen LogP contribution in [0.1, 0.15) is 64.9 Å². The van der Waals surface area contributed by atoms with E-state index in [0.717, 1.165) is 62.1 Å². The molecule has 29 heavy (non-hydrogen) atoms. The normalized spacial score (nSPS) is 24.5. The van der Waals surface area contributed by atoms with Crippen LogP contribution in [0.4, 0.5) is 0 Å². The molecule has 1 aromatic rings. The summed E-state index contributed by atoms with van der Waals surface area (Å²) in [5.41, 5.74) is 1.16. The van der Waals surface area contributed by atoms with Gasteiger partial charge in [-0.25, -0.2) is 4.98 Å². The SMILES string of the molecule is CN=C(NCc1ccnc(OC2CCC(C)CC2)c1)NC1CCN(C(C)C)CC1. The standard InChI is InChI=1S/C23H39N5O/c1-17(2)28-13-10-20(11-14-28)27-23(24-4)26-16-19-9-12-25-22(15-19)29-21-7-5-18(3)6-8-21/h9,12,15,17-18,20-21H,5-8,10-11,13-14,16H2,1-4H3,(H2,24,26,27). The van der Waals surface area contributed by atoms with Gasteiger partial charge in [-0.3, -0.25) is 4.99 Å². The van der Waals surface area contributed by atoms with Gasteiger partial charge in [0.1, 0.15) is 6.10 Å². The zero-order chi connectivity index (χ0) is 20.6. The van der Waals surface area contributed by atoms with Gasteiger partial charge in [-0.2, -0.15) is 0 Å². The van der Waals surface area contributed by atoms with Gasteiger partial charge < -0.3 is 20.3 Å². The maximum Gasteiger partial charge on any atom is 0.213 e. The van der Waals surface area contributed by atoms with Crippen LogP contribution >= 0.6 is 0 Å². The van der Waals surface area contributed by atoms with Crippen molar-refractivity contribution in [1.82, 2.24) is 20.5 Å². The van der Waals surface area contributed by atoms with Crippen molar-refractivity contribution in [1.29, 1.82) is 0 Å². The van der Waals surface area contributed by atoms with Crippen LogP contribution in [0.3, 0.4) is 0 Å². The third-order valence-corrected chi connectivity index (χ3v) is 6.33. The first-order valence-corrected chi connectivity index (χ1v) is 11.4. The highest BCUT2D eigenvalue weighted by Gasteiger charge is 2.22. The summed E-state index contributed by atoms with van der Waals surface area (Å²) < 4.78 is 6.14. The van der Waals surface area contributed by atoms with Crippen LogP contribution in [0.5, 0.6) is 5.88 Å². The zero-order valence-electron chi connectivity index (χ0n) is 18.7. The molecule has 2 N–H and O–H groups in total. The lowest BCUT2D eigenvalue weighted by Gasteiger charge is -2.35. The van der Waals surface area contributed by atoms with E-state index in [2.05, 4.69) is 52.3 Å². The Bertz CT molecular complexity index is 646. The lowest BCUT2D eigenvalue weighted by atomic mass is 9.89. The fraction of sp³-hybridized carbons (Fsp3) is 0.739. The second kappa shape index (κ2) is 10.8. The molecule has 3 rings (SSSR count). The number of hydrogen-bond donors (Lipinski definition) is 2. The minimum absolute atomic E-state index is 0.313. The van der Waals surface area contributed by atoms with E-state index in [4.69, 9.17) is 4.74 Å². The maximum absolute atomic E-state index is 6.14. The first-order valence-electron chi connectivity index (χ1n) is 11.4. The first kappa shape index (κ1) is 21.9. The Labute approximate surface area is 176 Å². The van der Waals surface area contributed by atoms with E-state index in [-0.39, 0.29) is 0 Å². The van der Waals surface area contributed by atoms with E-state index in [1.807, 2.05) is 19.3 Å². The van der Waals surface area contributed by atoms with Crippen molar-refractivity contribution in [2.24, 2.45) is 10.9 Å². The summed E-state index contributed by atoms with van der Waals surface area (Å²) in [4.78, 5) is 11.4. The molecule has 6 nitrogen and oxygen atoms in total. The van der Waals surface area contributed by atoms with E-state index in [9.17, 15) is 0 Å². The highest BCUT2D eigenvalue weighted by molar-refractivity contribution is 5.79. The predicted octanol–water partition coefficient (Wildman–Crippen LogP) is 3.58. The third kappa shape index (κ3) is 6.88. The molecule has 0 aromatic carbocycles. The molecule has 0 atom stereocenters. The topological polar surface area (TPSA) is 61.8 Å². The Morgan fingerprint density at radius 1 is 1.21 bits per heavy atom. The summed E-state index contributed by atoms with van der Waals surface area (Å²) in [5.74, 6) is 2.44. The van der Waals surface area contributed by atoms with Gasteiger partial charge in [0.2, 0.25) is 5.88 Å². The number of aliphatic imine (C=N–C) groups is 1. The van der Waals surface area contributed by atoms with Gasteiger partial charge in [-0.15, -0.1) is 0 Å². The van der Waals surface area contributed by atoms with E-state index in [1.165, 1.54) is 12.8 Å². The Balaban J connectivity index is 1.45. The molecule has 1 aromatic heterocycles. The summed E-state index contributed by atoms with van der Waals surface area (Å²) in [6.07, 6.45) is 9.25. The van der Waals surface area contributed by atoms with Crippen LogP contribution in [0.25, 0.3) is 0 Å². The number of likely N-dealkylation sites (tertiary alicyclic amines) is 1. The zero-order valence-corrected chi connectivity index (χ0v) is 18.7. The number of ether oxygens (including phenoxy) is 1. The van der Waals surface area contributed by atoms with E-state index < -0.39 is 0 Å². The number of guanidine groups is 1. The Morgan fingerprint density at radius 3 is 2.59 bits per heavy atom. The summed E-state index contributed by atoms with van der Waals surface area (Å²) in [6.45, 7) is 9.89. The summed E-state index contributed by atoms with van der Waals surface area (Å²) in [5, 5.41) is 7.03. The van der Waals surface area contributed by atoms with Crippen LogP contribution in [0.15, 0.2) is 23.3 Å². The van der Waals surface area contributed by atoms with Crippen LogP contribution in [-0.4, -0.2) is 54.2 Å². The van der Waals surface area contributed by atoms with Gasteiger partial charge >= 0.3 is 0 Å². The van der Waals surface area contributed by atoms with Gasteiger partial charge in [0.15, 0.2) is 5.96 Å². The fourth-order valence-electron chi connectivity index (χ4n) is 4.28. The highest BCUT2D eigenvalue weighted by Crippen LogP contribution is 2.26. The van der Waals surface area contributed by atoms with Gasteiger partial charge in [0, 0.05) is 51.0 Å². The minimum atomic E-state index is 0.313. The predicted molar refractivity (Wildman–Crippen MR) is 119 cm³/mol. The summed E-state index contributed by atoms with van der Waals surface area (Å²) >= 11 is 0. The molecule has 2 aliphatic rings. The Morgan fingerprint density at radius 2 is 1.93 bits per heavy atom. The minimum Gasteiger partial charge on any atom is -0.474 e. The molecule has 0 amide bonds. The van der Waals surface area contributed by atoms with Crippen molar-refractivity contribution in [3.05, 3.63) is 23.9 Å². The van der Waals surface area contributed by atoms with E-state index in [0.29, 0.717) is 24.7 Å². The second-order valence-electron chi connectivity index (χ2n) is 8.98. The van der Waals surface area contributed by atoms with Crippen molar-refractivity contribution in [3.8, 4) is 5.88 Å². The molecule has 1 aliphatic heterocycles. The number of piperidine rings is 1. The largest absolute Gasteiger partial charge is 0.474 e. The number of nitrogens with zero attached hydrogens (tertiary/aromatic N) is 3. The number of aromatic nitrogens is 1. The second-order valence-corrected chi connectivity index (χ2v) is 8.98. The van der Waals surface area contributed by atoms with Crippen LogP contribution in [0, 0.1) is 5.92 Å². The van der Waals surface area contributed by atoms with Crippen molar-refractivity contribution in [2.75, 3.05) is 20.1 Å². The smallest absolute Gasteiger partial charge is 0.213 e. The highest BCUT2D eigenvalue weighted by atomic mass is 16.5. The lowest BCUT2D eigenvalue weighted by Crippen LogP contribution is -2.49. The number of hydrogen-bond acceptors (Lipinski definition) is 4. The van der Waals surface area contributed by atoms with Gasteiger partial charge in [-0.05, 0) is 69.9 Å². The molecule has 1 saturated carbocycles. The van der Waals surface area contributed by atoms with Crippen molar-refractivity contribution < 1.29 is 4.74 Å². The molecule has 2 fully saturated rings. The van der Waals surface area contributed by atoms with E-state index >= 15 is 0 Å². The number of pyridine rings is 1.